The van der Waals surface area contributed by atoms with Crippen LogP contribution in [0.5, 0.6) is 0 Å². The molecule has 22 heavy (non-hydrogen) atoms. The van der Waals surface area contributed by atoms with Crippen molar-refractivity contribution >= 4 is 18.2 Å². The number of ether oxygens (including phenoxy) is 1. The summed E-state index contributed by atoms with van der Waals surface area (Å²) in [5.74, 6) is -2.05. The summed E-state index contributed by atoms with van der Waals surface area (Å²) < 4.78 is 4.66. The summed E-state index contributed by atoms with van der Waals surface area (Å²) in [6.45, 7) is 2.23. The van der Waals surface area contributed by atoms with Gasteiger partial charge in [0.05, 0.1) is 5.92 Å². The first kappa shape index (κ1) is 15.7. The Morgan fingerprint density at radius 2 is 2.14 bits per heavy atom. The SMILES string of the molecule is CC1C=CC(C(=O)c2cccc(COC=O)c2)=CC1C(=O)O. The zero-order valence-electron chi connectivity index (χ0n) is 12.1. The Labute approximate surface area is 127 Å². The van der Waals surface area contributed by atoms with E-state index in [1.54, 1.807) is 43.3 Å². The Morgan fingerprint density at radius 3 is 2.82 bits per heavy atom. The van der Waals surface area contributed by atoms with Crippen LogP contribution < -0.4 is 0 Å². The van der Waals surface area contributed by atoms with E-state index >= 15 is 0 Å². The molecule has 1 aliphatic rings. The first-order valence-corrected chi connectivity index (χ1v) is 6.84. The molecule has 0 amide bonds. The van der Waals surface area contributed by atoms with Crippen LogP contribution in [0.3, 0.4) is 0 Å². The van der Waals surface area contributed by atoms with Crippen LogP contribution in [0.15, 0.2) is 48.1 Å². The van der Waals surface area contributed by atoms with Gasteiger partial charge in [0.15, 0.2) is 5.78 Å². The lowest BCUT2D eigenvalue weighted by molar-refractivity contribution is -0.141. The molecular formula is C17H16O5. The Balaban J connectivity index is 2.24. The number of hydrogen-bond donors (Lipinski definition) is 1. The summed E-state index contributed by atoms with van der Waals surface area (Å²) in [5.41, 5.74) is 1.49. The lowest BCUT2D eigenvalue weighted by Crippen LogP contribution is -2.22. The van der Waals surface area contributed by atoms with Crippen LogP contribution in [0.25, 0.3) is 0 Å². The molecule has 2 unspecified atom stereocenters. The van der Waals surface area contributed by atoms with Gasteiger partial charge in [-0.3, -0.25) is 14.4 Å². The lowest BCUT2D eigenvalue weighted by Gasteiger charge is -2.18. The number of carboxylic acid groups (broad SMARTS) is 1. The van der Waals surface area contributed by atoms with Crippen molar-refractivity contribution in [3.8, 4) is 0 Å². The van der Waals surface area contributed by atoms with Gasteiger partial charge < -0.3 is 9.84 Å². The van der Waals surface area contributed by atoms with Crippen molar-refractivity contribution in [2.24, 2.45) is 11.8 Å². The number of aliphatic carboxylic acids is 1. The monoisotopic (exact) mass is 300 g/mol. The number of ketones is 1. The Morgan fingerprint density at radius 1 is 1.36 bits per heavy atom. The average Bonchev–Trinajstić information content (AvgIpc) is 2.52. The van der Waals surface area contributed by atoms with Crippen molar-refractivity contribution in [1.82, 2.24) is 0 Å². The van der Waals surface area contributed by atoms with E-state index in [2.05, 4.69) is 4.74 Å². The lowest BCUT2D eigenvalue weighted by atomic mass is 9.85. The second-order valence-corrected chi connectivity index (χ2v) is 5.14. The maximum atomic E-state index is 12.5. The highest BCUT2D eigenvalue weighted by Crippen LogP contribution is 2.25. The van der Waals surface area contributed by atoms with Crippen LogP contribution >= 0.6 is 0 Å². The smallest absolute Gasteiger partial charge is 0.310 e. The molecule has 5 heteroatoms. The molecule has 5 nitrogen and oxygen atoms in total. The summed E-state index contributed by atoms with van der Waals surface area (Å²) in [5, 5.41) is 9.18. The number of rotatable bonds is 6. The van der Waals surface area contributed by atoms with Crippen molar-refractivity contribution in [2.75, 3.05) is 0 Å². The molecule has 1 aliphatic carbocycles. The van der Waals surface area contributed by atoms with E-state index in [0.717, 1.165) is 0 Å². The molecule has 0 bridgehead atoms. The van der Waals surface area contributed by atoms with Crippen LogP contribution in [0.1, 0.15) is 22.8 Å². The van der Waals surface area contributed by atoms with Crippen LogP contribution in [0.4, 0.5) is 0 Å². The Hall–Kier alpha value is -2.69. The van der Waals surface area contributed by atoms with Gasteiger partial charge in [-0.15, -0.1) is 0 Å². The second-order valence-electron chi connectivity index (χ2n) is 5.14. The van der Waals surface area contributed by atoms with E-state index in [1.165, 1.54) is 6.08 Å². The van der Waals surface area contributed by atoms with Crippen molar-refractivity contribution in [3.05, 3.63) is 59.2 Å². The normalized spacial score (nSPS) is 20.1. The van der Waals surface area contributed by atoms with E-state index in [1.807, 2.05) is 0 Å². The molecule has 2 rings (SSSR count). The molecule has 0 saturated carbocycles. The highest BCUT2D eigenvalue weighted by atomic mass is 16.5. The molecule has 0 fully saturated rings. The molecule has 1 aromatic rings. The van der Waals surface area contributed by atoms with Gasteiger partial charge in [0.1, 0.15) is 6.61 Å². The number of allylic oxidation sites excluding steroid dienone is 3. The van der Waals surface area contributed by atoms with Crippen LogP contribution in [-0.2, 0) is 20.9 Å². The van der Waals surface area contributed by atoms with Crippen LogP contribution in [0, 0.1) is 11.8 Å². The minimum Gasteiger partial charge on any atom is -0.481 e. The van der Waals surface area contributed by atoms with Crippen molar-refractivity contribution in [1.29, 1.82) is 0 Å². The fraction of sp³-hybridized carbons (Fsp3) is 0.235. The number of hydrogen-bond acceptors (Lipinski definition) is 4. The largest absolute Gasteiger partial charge is 0.481 e. The Kier molecular flexibility index (Phi) is 4.88. The summed E-state index contributed by atoms with van der Waals surface area (Å²) in [6.07, 6.45) is 4.87. The minimum absolute atomic E-state index is 0.0916. The molecule has 114 valence electrons. The fourth-order valence-corrected chi connectivity index (χ4v) is 2.32. The summed E-state index contributed by atoms with van der Waals surface area (Å²) in [4.78, 5) is 33.9. The molecule has 0 radical (unpaired) electrons. The third-order valence-corrected chi connectivity index (χ3v) is 3.56. The standard InChI is InChI=1S/C17H16O5/c1-11-5-6-14(8-15(11)17(20)21)16(19)13-4-2-3-12(7-13)9-22-10-18/h2-8,10-11,15H,9H2,1H3,(H,20,21). The summed E-state index contributed by atoms with van der Waals surface area (Å²) in [6, 6.07) is 6.72. The van der Waals surface area contributed by atoms with Crippen molar-refractivity contribution in [2.45, 2.75) is 13.5 Å². The number of carbonyl (C=O) groups is 3. The van der Waals surface area contributed by atoms with Gasteiger partial charge in [0.2, 0.25) is 0 Å². The van der Waals surface area contributed by atoms with Crippen molar-refractivity contribution in [3.63, 3.8) is 0 Å². The Bertz CT molecular complexity index is 657. The van der Waals surface area contributed by atoms with E-state index in [-0.39, 0.29) is 18.3 Å². The molecule has 0 spiro atoms. The molecule has 0 heterocycles. The predicted octanol–water partition coefficient (Wildman–Crippen LogP) is 2.38. The van der Waals surface area contributed by atoms with E-state index in [4.69, 9.17) is 0 Å². The first-order chi connectivity index (χ1) is 10.5. The van der Waals surface area contributed by atoms with E-state index in [0.29, 0.717) is 23.2 Å². The maximum Gasteiger partial charge on any atom is 0.310 e. The highest BCUT2D eigenvalue weighted by Gasteiger charge is 2.26. The molecule has 0 aliphatic heterocycles. The molecule has 0 aromatic heterocycles. The molecule has 2 atom stereocenters. The number of Topliss-reactive ketones (excluding diaryl/α,β-unsaturated/α-hetero) is 1. The number of carbonyl (C=O) groups excluding carboxylic acids is 2. The van der Waals surface area contributed by atoms with Crippen LogP contribution in [0.2, 0.25) is 0 Å². The molecule has 0 saturated heterocycles. The first-order valence-electron chi connectivity index (χ1n) is 6.84. The van der Waals surface area contributed by atoms with E-state index in [9.17, 15) is 19.5 Å². The summed E-state index contributed by atoms with van der Waals surface area (Å²) in [7, 11) is 0. The minimum atomic E-state index is -0.949. The van der Waals surface area contributed by atoms with Gasteiger partial charge in [0.25, 0.3) is 6.47 Å². The molecule has 1 N–H and O–H groups in total. The van der Waals surface area contributed by atoms with Gasteiger partial charge in [-0.05, 0) is 17.5 Å². The third-order valence-electron chi connectivity index (χ3n) is 3.56. The summed E-state index contributed by atoms with van der Waals surface area (Å²) >= 11 is 0. The number of benzene rings is 1. The quantitative estimate of drug-likeness (QED) is 0.644. The van der Waals surface area contributed by atoms with Crippen LogP contribution in [-0.4, -0.2) is 23.3 Å². The van der Waals surface area contributed by atoms with Gasteiger partial charge in [-0.1, -0.05) is 43.4 Å². The predicted molar refractivity (Wildman–Crippen MR) is 79.1 cm³/mol. The van der Waals surface area contributed by atoms with Gasteiger partial charge in [-0.2, -0.15) is 0 Å². The maximum absolute atomic E-state index is 12.5. The van der Waals surface area contributed by atoms with Gasteiger partial charge in [0, 0.05) is 11.1 Å². The van der Waals surface area contributed by atoms with Gasteiger partial charge in [-0.25, -0.2) is 0 Å². The number of carboxylic acids is 1. The fourth-order valence-electron chi connectivity index (χ4n) is 2.32. The van der Waals surface area contributed by atoms with E-state index < -0.39 is 11.9 Å². The van der Waals surface area contributed by atoms with Gasteiger partial charge >= 0.3 is 5.97 Å². The highest BCUT2D eigenvalue weighted by molar-refractivity contribution is 6.11. The molecular weight excluding hydrogens is 284 g/mol. The second kappa shape index (κ2) is 6.85. The van der Waals surface area contributed by atoms with Crippen molar-refractivity contribution < 1.29 is 24.2 Å². The topological polar surface area (TPSA) is 80.7 Å². The zero-order chi connectivity index (χ0) is 16.1. The average molecular weight is 300 g/mol. The third kappa shape index (κ3) is 3.49. The zero-order valence-corrected chi connectivity index (χ0v) is 12.1. The molecule has 1 aromatic carbocycles.